The molecule has 0 radical (unpaired) electrons. The van der Waals surface area contributed by atoms with Crippen molar-refractivity contribution in [1.29, 1.82) is 0 Å². The second-order valence-electron chi connectivity index (χ2n) is 5.20. The third-order valence-corrected chi connectivity index (χ3v) is 3.29. The van der Waals surface area contributed by atoms with Crippen molar-refractivity contribution in [3.05, 3.63) is 51.6 Å². The largest absolute Gasteiger partial charge is 0.507 e. The van der Waals surface area contributed by atoms with Crippen molar-refractivity contribution < 1.29 is 9.90 Å². The van der Waals surface area contributed by atoms with Gasteiger partial charge in [-0.1, -0.05) is 34.9 Å². The van der Waals surface area contributed by atoms with E-state index in [0.29, 0.717) is 23.3 Å². The number of halogens is 1. The fraction of sp³-hybridized carbons (Fsp3) is 0.353. The van der Waals surface area contributed by atoms with Crippen molar-refractivity contribution in [2.24, 2.45) is 0 Å². The van der Waals surface area contributed by atoms with Gasteiger partial charge in [0.25, 0.3) is 0 Å². The molecule has 1 aromatic carbocycles. The molecule has 3 heteroatoms. The number of benzene rings is 1. The number of carbonyl (C=O) groups excluding carboxylic acids is 1. The first-order chi connectivity index (χ1) is 9.43. The Balaban J connectivity index is 2.76. The fourth-order valence-corrected chi connectivity index (χ4v) is 2.15. The van der Waals surface area contributed by atoms with Crippen LogP contribution in [0.25, 0.3) is 0 Å². The topological polar surface area (TPSA) is 37.3 Å². The first-order valence-electron chi connectivity index (χ1n) is 6.69. The predicted molar refractivity (Wildman–Crippen MR) is 84.6 cm³/mol. The van der Waals surface area contributed by atoms with Crippen molar-refractivity contribution in [2.75, 3.05) is 0 Å². The molecule has 0 aliphatic rings. The van der Waals surface area contributed by atoms with E-state index in [1.54, 1.807) is 6.07 Å². The predicted octanol–water partition coefficient (Wildman–Crippen LogP) is 5.09. The van der Waals surface area contributed by atoms with Crippen LogP contribution in [-0.4, -0.2) is 11.4 Å². The molecule has 0 spiro atoms. The SMILES string of the molecule is CC(C)=CCC/C(C)=C/Cc1cc(Cl)cc(C=O)c1O. The number of hydrogen-bond acceptors (Lipinski definition) is 2. The first kappa shape index (κ1) is 16.5. The molecule has 0 aromatic heterocycles. The minimum atomic E-state index is 0.0257. The van der Waals surface area contributed by atoms with Crippen molar-refractivity contribution in [3.63, 3.8) is 0 Å². The lowest BCUT2D eigenvalue weighted by atomic mass is 10.0. The molecule has 0 heterocycles. The summed E-state index contributed by atoms with van der Waals surface area (Å²) in [4.78, 5) is 10.8. The molecule has 1 aromatic rings. The van der Waals surface area contributed by atoms with Crippen molar-refractivity contribution in [1.82, 2.24) is 0 Å². The normalized spacial score (nSPS) is 11.3. The summed E-state index contributed by atoms with van der Waals surface area (Å²) in [7, 11) is 0. The maximum absolute atomic E-state index is 10.8. The number of allylic oxidation sites excluding steroid dienone is 4. The van der Waals surface area contributed by atoms with Crippen LogP contribution in [0.3, 0.4) is 0 Å². The molecular weight excluding hydrogens is 272 g/mol. The van der Waals surface area contributed by atoms with Gasteiger partial charge in [0.05, 0.1) is 5.56 Å². The lowest BCUT2D eigenvalue weighted by Crippen LogP contribution is -1.90. The molecule has 1 rings (SSSR count). The monoisotopic (exact) mass is 292 g/mol. The molecule has 0 saturated carbocycles. The number of aldehydes is 1. The molecule has 108 valence electrons. The van der Waals surface area contributed by atoms with Crippen LogP contribution in [0.1, 0.15) is 49.5 Å². The van der Waals surface area contributed by atoms with Crippen molar-refractivity contribution in [2.45, 2.75) is 40.0 Å². The molecular formula is C17H21ClO2. The molecule has 0 aliphatic heterocycles. The third kappa shape index (κ3) is 5.22. The van der Waals surface area contributed by atoms with Gasteiger partial charge in [0.15, 0.2) is 6.29 Å². The maximum Gasteiger partial charge on any atom is 0.153 e. The van der Waals surface area contributed by atoms with Gasteiger partial charge in [0.2, 0.25) is 0 Å². The Kier molecular flexibility index (Phi) is 6.53. The molecule has 0 unspecified atom stereocenters. The average Bonchev–Trinajstić information content (AvgIpc) is 2.38. The van der Waals surface area contributed by atoms with Crippen LogP contribution in [0.4, 0.5) is 0 Å². The molecule has 0 amide bonds. The summed E-state index contributed by atoms with van der Waals surface area (Å²) in [6.45, 7) is 6.25. The minimum Gasteiger partial charge on any atom is -0.507 e. The fourth-order valence-electron chi connectivity index (χ4n) is 1.90. The van der Waals surface area contributed by atoms with Crippen LogP contribution in [0.5, 0.6) is 5.75 Å². The lowest BCUT2D eigenvalue weighted by Gasteiger charge is -2.06. The molecule has 0 aliphatic carbocycles. The zero-order valence-electron chi connectivity index (χ0n) is 12.2. The van der Waals surface area contributed by atoms with E-state index in [-0.39, 0.29) is 11.3 Å². The number of phenols is 1. The van der Waals surface area contributed by atoms with E-state index in [9.17, 15) is 9.90 Å². The van der Waals surface area contributed by atoms with Crippen LogP contribution >= 0.6 is 11.6 Å². The molecule has 0 fully saturated rings. The summed E-state index contributed by atoms with van der Waals surface area (Å²) >= 11 is 5.94. The van der Waals surface area contributed by atoms with Crippen molar-refractivity contribution >= 4 is 17.9 Å². The standard InChI is InChI=1S/C17H21ClO2/c1-12(2)5-4-6-13(3)7-8-14-9-16(18)10-15(11-19)17(14)20/h5,7,9-11,20H,4,6,8H2,1-3H3/b13-7+. The number of hydrogen-bond donors (Lipinski definition) is 1. The lowest BCUT2D eigenvalue weighted by molar-refractivity contribution is 0.112. The Morgan fingerprint density at radius 3 is 2.55 bits per heavy atom. The third-order valence-electron chi connectivity index (χ3n) is 3.07. The van der Waals surface area contributed by atoms with Gasteiger partial charge >= 0.3 is 0 Å². The summed E-state index contributed by atoms with van der Waals surface area (Å²) in [6, 6.07) is 3.17. The number of aromatic hydroxyl groups is 1. The van der Waals surface area contributed by atoms with Gasteiger partial charge in [0, 0.05) is 5.02 Å². The average molecular weight is 293 g/mol. The highest BCUT2D eigenvalue weighted by Gasteiger charge is 2.07. The first-order valence-corrected chi connectivity index (χ1v) is 7.07. The summed E-state index contributed by atoms with van der Waals surface area (Å²) < 4.78 is 0. The molecule has 2 nitrogen and oxygen atoms in total. The Hall–Kier alpha value is -1.54. The second kappa shape index (κ2) is 7.91. The highest BCUT2D eigenvalue weighted by atomic mass is 35.5. The van der Waals surface area contributed by atoms with Crippen LogP contribution in [-0.2, 0) is 6.42 Å². The van der Waals surface area contributed by atoms with E-state index in [2.05, 4.69) is 32.9 Å². The number of phenolic OH excluding ortho intramolecular Hbond substituents is 1. The Morgan fingerprint density at radius 2 is 1.95 bits per heavy atom. The van der Waals surface area contributed by atoms with E-state index in [1.165, 1.54) is 17.2 Å². The van der Waals surface area contributed by atoms with Crippen molar-refractivity contribution in [3.8, 4) is 5.75 Å². The van der Waals surface area contributed by atoms with Gasteiger partial charge in [-0.05, 0) is 57.7 Å². The van der Waals surface area contributed by atoms with Gasteiger partial charge in [-0.3, -0.25) is 4.79 Å². The smallest absolute Gasteiger partial charge is 0.153 e. The minimum absolute atomic E-state index is 0.0257. The Labute approximate surface area is 125 Å². The molecule has 20 heavy (non-hydrogen) atoms. The highest BCUT2D eigenvalue weighted by molar-refractivity contribution is 6.31. The summed E-state index contributed by atoms with van der Waals surface area (Å²) in [6.07, 6.45) is 7.49. The molecule has 0 bridgehead atoms. The zero-order valence-corrected chi connectivity index (χ0v) is 13.0. The molecule has 0 atom stereocenters. The van der Waals surface area contributed by atoms with Crippen LogP contribution < -0.4 is 0 Å². The van der Waals surface area contributed by atoms with E-state index >= 15 is 0 Å². The van der Waals surface area contributed by atoms with Gasteiger partial charge < -0.3 is 5.11 Å². The van der Waals surface area contributed by atoms with E-state index < -0.39 is 0 Å². The van der Waals surface area contributed by atoms with Crippen LogP contribution in [0.15, 0.2) is 35.4 Å². The Morgan fingerprint density at radius 1 is 1.25 bits per heavy atom. The number of carbonyl (C=O) groups is 1. The summed E-state index contributed by atoms with van der Waals surface area (Å²) in [5, 5.41) is 10.4. The summed E-state index contributed by atoms with van der Waals surface area (Å²) in [5.41, 5.74) is 3.50. The van der Waals surface area contributed by atoms with Gasteiger partial charge in [-0.25, -0.2) is 0 Å². The summed E-state index contributed by atoms with van der Waals surface area (Å²) in [5.74, 6) is 0.0257. The van der Waals surface area contributed by atoms with Gasteiger partial charge in [-0.15, -0.1) is 0 Å². The van der Waals surface area contributed by atoms with Crippen LogP contribution in [0.2, 0.25) is 5.02 Å². The molecule has 1 N–H and O–H groups in total. The van der Waals surface area contributed by atoms with E-state index in [1.807, 2.05) is 0 Å². The van der Waals surface area contributed by atoms with Crippen LogP contribution in [0, 0.1) is 0 Å². The Bertz CT molecular complexity index is 538. The highest BCUT2D eigenvalue weighted by Crippen LogP contribution is 2.27. The van der Waals surface area contributed by atoms with Gasteiger partial charge in [-0.2, -0.15) is 0 Å². The number of rotatable bonds is 6. The molecule has 0 saturated heterocycles. The van der Waals surface area contributed by atoms with Gasteiger partial charge in [0.1, 0.15) is 5.75 Å². The van der Waals surface area contributed by atoms with E-state index in [4.69, 9.17) is 11.6 Å². The van der Waals surface area contributed by atoms with E-state index in [0.717, 1.165) is 12.8 Å². The quantitative estimate of drug-likeness (QED) is 0.585. The zero-order chi connectivity index (χ0) is 15.1. The second-order valence-corrected chi connectivity index (χ2v) is 5.63. The maximum atomic E-state index is 10.8.